The Balaban J connectivity index is 1.26. The summed E-state index contributed by atoms with van der Waals surface area (Å²) in [4.78, 5) is 14.6. The van der Waals surface area contributed by atoms with Crippen molar-refractivity contribution in [1.82, 2.24) is 4.31 Å². The number of benzene rings is 3. The zero-order valence-corrected chi connectivity index (χ0v) is 33.2. The molecule has 0 aliphatic heterocycles. The van der Waals surface area contributed by atoms with Crippen LogP contribution in [0.5, 0.6) is 0 Å². The number of aliphatic hydroxyl groups is 2. The first-order valence-corrected chi connectivity index (χ1v) is 21.8. The molecule has 4 fully saturated rings. The summed E-state index contributed by atoms with van der Waals surface area (Å²) in [5.74, 6) is 1.26. The Hall–Kier alpha value is -3.10. The lowest BCUT2D eigenvalue weighted by Gasteiger charge is -2.60. The van der Waals surface area contributed by atoms with Gasteiger partial charge in [0.25, 0.3) is 0 Å². The Morgan fingerprint density at radius 1 is 0.906 bits per heavy atom. The van der Waals surface area contributed by atoms with Crippen LogP contribution in [0.1, 0.15) is 118 Å². The van der Waals surface area contributed by atoms with Crippen molar-refractivity contribution >= 4 is 15.8 Å². The molecule has 0 amide bonds. The van der Waals surface area contributed by atoms with Gasteiger partial charge in [0.15, 0.2) is 5.78 Å². The molecule has 6 aliphatic carbocycles. The fourth-order valence-corrected chi connectivity index (χ4v) is 11.8. The zero-order valence-electron chi connectivity index (χ0n) is 32.4. The maximum Gasteiger partial charge on any atom is 0.211 e. The molecule has 4 bridgehead atoms. The number of aliphatic hydroxyl groups excluding tert-OH is 1. The fourth-order valence-electron chi connectivity index (χ4n) is 10.8. The lowest BCUT2D eigenvalue weighted by molar-refractivity contribution is -0.114. The van der Waals surface area contributed by atoms with E-state index in [0.717, 1.165) is 53.9 Å². The number of sulfonamides is 1. The molecule has 0 spiro atoms. The van der Waals surface area contributed by atoms with Crippen molar-refractivity contribution in [3.8, 4) is 11.1 Å². The minimum Gasteiger partial charge on any atom is -0.393 e. The molecule has 0 unspecified atom stereocenters. The average Bonchev–Trinajstić information content (AvgIpc) is 3.38. The maximum absolute atomic E-state index is 14.6. The van der Waals surface area contributed by atoms with E-state index in [1.807, 2.05) is 54.6 Å². The van der Waals surface area contributed by atoms with E-state index in [1.54, 1.807) is 4.31 Å². The molecular formula is C46H59NO5S. The molecule has 6 nitrogen and oxygen atoms in total. The van der Waals surface area contributed by atoms with Crippen LogP contribution in [-0.4, -0.2) is 59.8 Å². The number of rotatable bonds is 8. The highest BCUT2D eigenvalue weighted by atomic mass is 32.2. The predicted molar refractivity (Wildman–Crippen MR) is 213 cm³/mol. The highest BCUT2D eigenvalue weighted by Crippen LogP contribution is 2.62. The molecule has 3 aromatic carbocycles. The van der Waals surface area contributed by atoms with E-state index in [-0.39, 0.29) is 29.6 Å². The van der Waals surface area contributed by atoms with Gasteiger partial charge in [-0.2, -0.15) is 4.31 Å². The summed E-state index contributed by atoms with van der Waals surface area (Å²) in [5, 5.41) is 24.0. The minimum absolute atomic E-state index is 0.0586. The van der Waals surface area contributed by atoms with Gasteiger partial charge in [-0.05, 0) is 129 Å². The normalized spacial score (nSPS) is 31.3. The molecule has 284 valence electrons. The third kappa shape index (κ3) is 7.36. The summed E-state index contributed by atoms with van der Waals surface area (Å²) in [6, 6.07) is 24.0. The molecule has 0 saturated heterocycles. The van der Waals surface area contributed by atoms with Gasteiger partial charge in [0, 0.05) is 29.6 Å². The number of carbonyl (C=O) groups excluding carboxylic acids is 1. The Kier molecular flexibility index (Phi) is 10.5. The standard InChI is InChI=1S/C46H59NO5S/c1-31-10-9-24-45(4)41(23-25-46(45,50)30-47(53(5,51)52)29-36-19-20-37-28-42(36)44(37,2)3)39-22-14-32(26-38(48)21-13-31)27-40(39)43(49)35-17-15-34(16-18-35)33-11-7-6-8-12-33/h6-8,10-12,14-18,22,27,36-38,41-42,48,50H,9,13,19-21,23-26,28-30H2,1-5H3/t36-,37-,38-,41-,42-,45-,46+/m0/s1. The van der Waals surface area contributed by atoms with Crippen LogP contribution in [0.25, 0.3) is 11.1 Å². The van der Waals surface area contributed by atoms with Gasteiger partial charge in [0.1, 0.15) is 0 Å². The lowest BCUT2D eigenvalue weighted by Crippen LogP contribution is -2.58. The molecule has 3 aromatic rings. The lowest BCUT2D eigenvalue weighted by atomic mass is 9.45. The highest BCUT2D eigenvalue weighted by molar-refractivity contribution is 7.88. The molecule has 0 heterocycles. The molecule has 2 N–H and O–H groups in total. The van der Waals surface area contributed by atoms with Gasteiger partial charge in [0.05, 0.1) is 18.0 Å². The van der Waals surface area contributed by atoms with E-state index < -0.39 is 27.1 Å². The fraction of sp³-hybridized carbons (Fsp3) is 0.543. The predicted octanol–water partition coefficient (Wildman–Crippen LogP) is 8.96. The molecule has 6 aliphatic rings. The van der Waals surface area contributed by atoms with Crippen molar-refractivity contribution < 1.29 is 23.4 Å². The van der Waals surface area contributed by atoms with E-state index >= 15 is 0 Å². The van der Waals surface area contributed by atoms with Crippen molar-refractivity contribution in [2.24, 2.45) is 28.6 Å². The first-order chi connectivity index (χ1) is 25.1. The smallest absolute Gasteiger partial charge is 0.211 e. The molecule has 0 aromatic heterocycles. The van der Waals surface area contributed by atoms with Gasteiger partial charge in [0.2, 0.25) is 10.0 Å². The van der Waals surface area contributed by atoms with Crippen LogP contribution in [0, 0.1) is 28.6 Å². The van der Waals surface area contributed by atoms with Crippen LogP contribution in [0.2, 0.25) is 0 Å². The van der Waals surface area contributed by atoms with E-state index in [4.69, 9.17) is 0 Å². The van der Waals surface area contributed by atoms with E-state index in [2.05, 4.69) is 52.0 Å². The number of nitrogens with zero attached hydrogens (tertiary/aromatic N) is 1. The molecule has 53 heavy (non-hydrogen) atoms. The summed E-state index contributed by atoms with van der Waals surface area (Å²) in [5.41, 5.74) is 4.57. The SMILES string of the molecule is CC1=CCC[C@@]2(C)[C@@H](CC[C@@]2(O)CN(C[C@@H]2CC[C@H]3C[C@@H]2C3(C)C)S(C)(=O)=O)c2ccc(cc2C(=O)c2ccc(-c3ccccc3)cc2)C[C@@H](O)CC1. The summed E-state index contributed by atoms with van der Waals surface area (Å²) in [6.07, 6.45) is 10.7. The number of fused-ring (bicyclic) bond motifs is 10. The Labute approximate surface area is 317 Å². The molecule has 7 atom stereocenters. The first-order valence-electron chi connectivity index (χ1n) is 19.9. The Bertz CT molecular complexity index is 1950. The third-order valence-corrected chi connectivity index (χ3v) is 15.7. The Morgan fingerprint density at radius 2 is 1.62 bits per heavy atom. The van der Waals surface area contributed by atoms with Crippen molar-refractivity contribution in [3.05, 3.63) is 107 Å². The first kappa shape index (κ1) is 38.2. The number of allylic oxidation sites excluding steroid dienone is 2. The second kappa shape index (κ2) is 14.5. The van der Waals surface area contributed by atoms with E-state index in [9.17, 15) is 23.4 Å². The minimum atomic E-state index is -3.61. The molecule has 9 rings (SSSR count). The monoisotopic (exact) mass is 737 g/mol. The second-order valence-corrected chi connectivity index (χ2v) is 20.0. The highest BCUT2D eigenvalue weighted by Gasteiger charge is 2.59. The van der Waals surface area contributed by atoms with Gasteiger partial charge in [-0.1, -0.05) is 99.2 Å². The molecule has 4 saturated carbocycles. The van der Waals surface area contributed by atoms with Gasteiger partial charge in [-0.15, -0.1) is 0 Å². The van der Waals surface area contributed by atoms with Crippen molar-refractivity contribution in [1.29, 1.82) is 0 Å². The average molecular weight is 738 g/mol. The topological polar surface area (TPSA) is 94.9 Å². The summed E-state index contributed by atoms with van der Waals surface area (Å²) < 4.78 is 28.8. The Morgan fingerprint density at radius 3 is 2.30 bits per heavy atom. The number of hydrogen-bond acceptors (Lipinski definition) is 5. The maximum atomic E-state index is 14.6. The number of carbonyl (C=O) groups is 1. The van der Waals surface area contributed by atoms with Crippen molar-refractivity contribution in [2.45, 2.75) is 110 Å². The summed E-state index contributed by atoms with van der Waals surface area (Å²) in [7, 11) is -3.61. The summed E-state index contributed by atoms with van der Waals surface area (Å²) >= 11 is 0. The number of ketones is 1. The van der Waals surface area contributed by atoms with Crippen LogP contribution in [0.4, 0.5) is 0 Å². The van der Waals surface area contributed by atoms with E-state index in [1.165, 1.54) is 18.2 Å². The van der Waals surface area contributed by atoms with Crippen LogP contribution in [0.15, 0.2) is 84.4 Å². The third-order valence-electron chi connectivity index (χ3n) is 14.5. The second-order valence-electron chi connectivity index (χ2n) is 18.0. The van der Waals surface area contributed by atoms with Crippen LogP contribution < -0.4 is 0 Å². The van der Waals surface area contributed by atoms with Crippen LogP contribution >= 0.6 is 0 Å². The van der Waals surface area contributed by atoms with Crippen molar-refractivity contribution in [2.75, 3.05) is 19.3 Å². The quantitative estimate of drug-likeness (QED) is 0.178. The zero-order chi connectivity index (χ0) is 37.8. The van der Waals surface area contributed by atoms with Gasteiger partial charge in [-0.3, -0.25) is 4.79 Å². The van der Waals surface area contributed by atoms with Crippen LogP contribution in [-0.2, 0) is 16.4 Å². The number of hydrogen-bond donors (Lipinski definition) is 2. The molecular weight excluding hydrogens is 679 g/mol. The van der Waals surface area contributed by atoms with Crippen LogP contribution in [0.3, 0.4) is 0 Å². The van der Waals surface area contributed by atoms with Gasteiger partial charge in [-0.25, -0.2) is 8.42 Å². The van der Waals surface area contributed by atoms with Gasteiger partial charge < -0.3 is 10.2 Å². The molecule has 0 radical (unpaired) electrons. The van der Waals surface area contributed by atoms with Gasteiger partial charge >= 0.3 is 0 Å². The van der Waals surface area contributed by atoms with E-state index in [0.29, 0.717) is 55.7 Å². The molecule has 7 heteroatoms. The van der Waals surface area contributed by atoms with Crippen molar-refractivity contribution in [3.63, 3.8) is 0 Å². The largest absolute Gasteiger partial charge is 0.393 e. The summed E-state index contributed by atoms with van der Waals surface area (Å²) in [6.45, 7) is 9.43.